The van der Waals surface area contributed by atoms with E-state index in [1.807, 2.05) is 6.07 Å². The number of nitrogens with one attached hydrogen (secondary N) is 1. The van der Waals surface area contributed by atoms with Gasteiger partial charge in [-0.3, -0.25) is 0 Å². The normalized spacial score (nSPS) is 17.1. The van der Waals surface area contributed by atoms with E-state index in [0.29, 0.717) is 11.9 Å². The van der Waals surface area contributed by atoms with Crippen molar-refractivity contribution in [3.8, 4) is 5.88 Å². The SMILES string of the molecule is CCCNC(c1cc(OC)ncn1)C1CC1. The molecule has 4 heteroatoms. The first-order chi connectivity index (χ1) is 7.85. The summed E-state index contributed by atoms with van der Waals surface area (Å²) in [6.07, 6.45) is 5.32. The number of aromatic nitrogens is 2. The van der Waals surface area contributed by atoms with Crippen molar-refractivity contribution in [1.29, 1.82) is 0 Å². The van der Waals surface area contributed by atoms with Crippen LogP contribution in [-0.2, 0) is 0 Å². The van der Waals surface area contributed by atoms with Gasteiger partial charge in [-0.25, -0.2) is 9.97 Å². The maximum atomic E-state index is 5.13. The van der Waals surface area contributed by atoms with Gasteiger partial charge in [-0.15, -0.1) is 0 Å². The minimum atomic E-state index is 0.372. The molecule has 1 N–H and O–H groups in total. The summed E-state index contributed by atoms with van der Waals surface area (Å²) < 4.78 is 5.13. The van der Waals surface area contributed by atoms with E-state index in [9.17, 15) is 0 Å². The molecule has 0 amide bonds. The molecule has 2 rings (SSSR count). The van der Waals surface area contributed by atoms with Gasteiger partial charge < -0.3 is 10.1 Å². The second-order valence-electron chi connectivity index (χ2n) is 4.25. The first kappa shape index (κ1) is 11.3. The Bertz CT molecular complexity index is 339. The van der Waals surface area contributed by atoms with Gasteiger partial charge in [0.25, 0.3) is 0 Å². The van der Waals surface area contributed by atoms with Crippen LogP contribution in [0, 0.1) is 5.92 Å². The van der Waals surface area contributed by atoms with E-state index < -0.39 is 0 Å². The molecule has 4 nitrogen and oxygen atoms in total. The molecular weight excluding hydrogens is 202 g/mol. The van der Waals surface area contributed by atoms with Crippen LogP contribution < -0.4 is 10.1 Å². The minimum Gasteiger partial charge on any atom is -0.481 e. The highest BCUT2D eigenvalue weighted by atomic mass is 16.5. The molecule has 1 aromatic heterocycles. The molecule has 1 aromatic rings. The van der Waals surface area contributed by atoms with Crippen LogP contribution in [0.25, 0.3) is 0 Å². The van der Waals surface area contributed by atoms with E-state index in [1.165, 1.54) is 12.8 Å². The number of hydrogen-bond acceptors (Lipinski definition) is 4. The van der Waals surface area contributed by atoms with Gasteiger partial charge in [-0.1, -0.05) is 6.92 Å². The molecule has 0 saturated heterocycles. The molecule has 1 aliphatic carbocycles. The number of rotatable bonds is 6. The largest absolute Gasteiger partial charge is 0.481 e. The van der Waals surface area contributed by atoms with Crippen LogP contribution in [0.15, 0.2) is 12.4 Å². The van der Waals surface area contributed by atoms with Crippen molar-refractivity contribution >= 4 is 0 Å². The Labute approximate surface area is 96.4 Å². The van der Waals surface area contributed by atoms with Crippen molar-refractivity contribution < 1.29 is 4.74 Å². The summed E-state index contributed by atoms with van der Waals surface area (Å²) in [4.78, 5) is 8.39. The van der Waals surface area contributed by atoms with Crippen molar-refractivity contribution in [3.05, 3.63) is 18.1 Å². The van der Waals surface area contributed by atoms with Crippen LogP contribution in [0.2, 0.25) is 0 Å². The first-order valence-corrected chi connectivity index (χ1v) is 5.94. The third kappa shape index (κ3) is 2.70. The lowest BCUT2D eigenvalue weighted by atomic mass is 10.1. The number of hydrogen-bond donors (Lipinski definition) is 1. The van der Waals surface area contributed by atoms with E-state index in [2.05, 4.69) is 22.2 Å². The number of ether oxygens (including phenoxy) is 1. The highest BCUT2D eigenvalue weighted by Crippen LogP contribution is 2.40. The fraction of sp³-hybridized carbons (Fsp3) is 0.667. The molecule has 88 valence electrons. The van der Waals surface area contributed by atoms with Crippen molar-refractivity contribution in [2.24, 2.45) is 5.92 Å². The summed E-state index contributed by atoms with van der Waals surface area (Å²) in [7, 11) is 1.64. The monoisotopic (exact) mass is 221 g/mol. The van der Waals surface area contributed by atoms with E-state index in [-0.39, 0.29) is 0 Å². The maximum Gasteiger partial charge on any atom is 0.216 e. The molecule has 1 saturated carbocycles. The summed E-state index contributed by atoms with van der Waals surface area (Å²) >= 11 is 0. The average molecular weight is 221 g/mol. The zero-order valence-corrected chi connectivity index (χ0v) is 9.94. The van der Waals surface area contributed by atoms with Crippen molar-refractivity contribution in [1.82, 2.24) is 15.3 Å². The minimum absolute atomic E-state index is 0.372. The molecule has 1 heterocycles. The van der Waals surface area contributed by atoms with E-state index >= 15 is 0 Å². The maximum absolute atomic E-state index is 5.13. The molecule has 0 aromatic carbocycles. The Kier molecular flexibility index (Phi) is 3.72. The summed E-state index contributed by atoms with van der Waals surface area (Å²) in [6, 6.07) is 2.31. The Hall–Kier alpha value is -1.16. The summed E-state index contributed by atoms with van der Waals surface area (Å²) in [5.41, 5.74) is 1.06. The van der Waals surface area contributed by atoms with Gasteiger partial charge in [0.2, 0.25) is 5.88 Å². The molecule has 0 aliphatic heterocycles. The van der Waals surface area contributed by atoms with Crippen molar-refractivity contribution in [3.63, 3.8) is 0 Å². The predicted octanol–water partition coefficient (Wildman–Crippen LogP) is 1.94. The molecule has 0 spiro atoms. The summed E-state index contributed by atoms with van der Waals surface area (Å²) in [5.74, 6) is 1.39. The standard InChI is InChI=1S/C12H19N3O/c1-3-6-13-12(9-4-5-9)10-7-11(16-2)15-8-14-10/h7-9,12-13H,3-6H2,1-2H3. The van der Waals surface area contributed by atoms with Crippen LogP contribution >= 0.6 is 0 Å². The molecule has 16 heavy (non-hydrogen) atoms. The van der Waals surface area contributed by atoms with Gasteiger partial charge in [0.1, 0.15) is 6.33 Å². The van der Waals surface area contributed by atoms with Crippen LogP contribution in [0.5, 0.6) is 5.88 Å². The van der Waals surface area contributed by atoms with E-state index in [4.69, 9.17) is 4.74 Å². The molecule has 0 bridgehead atoms. The zero-order valence-electron chi connectivity index (χ0n) is 9.94. The second-order valence-corrected chi connectivity index (χ2v) is 4.25. The third-order valence-corrected chi connectivity index (χ3v) is 2.90. The van der Waals surface area contributed by atoms with Crippen molar-refractivity contribution in [2.45, 2.75) is 32.2 Å². The lowest BCUT2D eigenvalue weighted by Crippen LogP contribution is -2.24. The van der Waals surface area contributed by atoms with Gasteiger partial charge in [-0.05, 0) is 31.7 Å². The molecular formula is C12H19N3O. The summed E-state index contributed by atoms with van der Waals surface area (Å²) in [6.45, 7) is 3.21. The van der Waals surface area contributed by atoms with Crippen LogP contribution in [0.4, 0.5) is 0 Å². The number of nitrogens with zero attached hydrogens (tertiary/aromatic N) is 2. The highest BCUT2D eigenvalue weighted by molar-refractivity contribution is 5.18. The fourth-order valence-electron chi connectivity index (χ4n) is 1.88. The van der Waals surface area contributed by atoms with Gasteiger partial charge in [-0.2, -0.15) is 0 Å². The van der Waals surface area contributed by atoms with Gasteiger partial charge in [0.15, 0.2) is 0 Å². The summed E-state index contributed by atoms with van der Waals surface area (Å²) in [5, 5.41) is 3.55. The molecule has 1 atom stereocenters. The zero-order chi connectivity index (χ0) is 11.4. The Morgan fingerprint density at radius 2 is 2.31 bits per heavy atom. The van der Waals surface area contributed by atoms with Crippen LogP contribution in [0.1, 0.15) is 37.9 Å². The predicted molar refractivity (Wildman–Crippen MR) is 62.3 cm³/mol. The topological polar surface area (TPSA) is 47.0 Å². The van der Waals surface area contributed by atoms with Crippen molar-refractivity contribution in [2.75, 3.05) is 13.7 Å². The van der Waals surface area contributed by atoms with Gasteiger partial charge in [0.05, 0.1) is 18.8 Å². The first-order valence-electron chi connectivity index (χ1n) is 5.94. The molecule has 1 fully saturated rings. The Balaban J connectivity index is 2.10. The number of methoxy groups -OCH3 is 1. The molecule has 1 aliphatic rings. The Morgan fingerprint density at radius 1 is 1.50 bits per heavy atom. The van der Waals surface area contributed by atoms with Gasteiger partial charge in [0, 0.05) is 6.07 Å². The lowest BCUT2D eigenvalue weighted by molar-refractivity contribution is 0.391. The average Bonchev–Trinajstić information content (AvgIpc) is 3.14. The quantitative estimate of drug-likeness (QED) is 0.797. The van der Waals surface area contributed by atoms with Gasteiger partial charge >= 0.3 is 0 Å². The smallest absolute Gasteiger partial charge is 0.216 e. The van der Waals surface area contributed by atoms with Crippen LogP contribution in [0.3, 0.4) is 0 Å². The Morgan fingerprint density at radius 3 is 2.94 bits per heavy atom. The second kappa shape index (κ2) is 5.25. The van der Waals surface area contributed by atoms with E-state index in [0.717, 1.165) is 24.6 Å². The highest BCUT2D eigenvalue weighted by Gasteiger charge is 2.32. The van der Waals surface area contributed by atoms with E-state index in [1.54, 1.807) is 13.4 Å². The molecule has 1 unspecified atom stereocenters. The lowest BCUT2D eigenvalue weighted by Gasteiger charge is -2.17. The third-order valence-electron chi connectivity index (χ3n) is 2.90. The molecule has 0 radical (unpaired) electrons. The fourth-order valence-corrected chi connectivity index (χ4v) is 1.88. The van der Waals surface area contributed by atoms with Crippen LogP contribution in [-0.4, -0.2) is 23.6 Å².